The molecule has 1 atom stereocenters. The summed E-state index contributed by atoms with van der Waals surface area (Å²) in [6.45, 7) is 7.74. The van der Waals surface area contributed by atoms with Crippen LogP contribution in [-0.4, -0.2) is 27.7 Å². The van der Waals surface area contributed by atoms with E-state index in [1.54, 1.807) is 41.3 Å². The lowest BCUT2D eigenvalue weighted by atomic mass is 9.98. The number of hydrogen-bond donors (Lipinski definition) is 2. The summed E-state index contributed by atoms with van der Waals surface area (Å²) in [5, 5.41) is 0.389. The molecule has 0 spiro atoms. The number of para-hydroxylation sites is 2. The van der Waals surface area contributed by atoms with E-state index in [4.69, 9.17) is 20.3 Å². The van der Waals surface area contributed by atoms with Crippen molar-refractivity contribution in [2.24, 2.45) is 5.84 Å². The Morgan fingerprint density at radius 2 is 1.31 bits per heavy atom. The number of halogens is 1. The third kappa shape index (κ3) is 6.03. The Bertz CT molecular complexity index is 2310. The molecule has 3 N–H and O–H groups in total. The molecule has 0 bridgehead atoms. The Morgan fingerprint density at radius 1 is 0.706 bits per heavy atom. The van der Waals surface area contributed by atoms with Gasteiger partial charge in [-0.3, -0.25) is 29.8 Å². The SMILES string of the molecule is CC(C)Oc1cccc(N2C(=O)c3ccccc3N(c3ccc(Br)cc3)C2(NN)c2nc3ccccc3c(=O)n2-c2cccc(OC(C)C)c2)c1. The molecule has 1 unspecified atom stereocenters. The van der Waals surface area contributed by atoms with Gasteiger partial charge in [-0.25, -0.2) is 10.4 Å². The highest BCUT2D eigenvalue weighted by atomic mass is 79.9. The molecule has 2 heterocycles. The van der Waals surface area contributed by atoms with Crippen molar-refractivity contribution in [3.8, 4) is 17.2 Å². The fourth-order valence-electron chi connectivity index (χ4n) is 6.55. The van der Waals surface area contributed by atoms with E-state index in [9.17, 15) is 4.79 Å². The molecule has 0 radical (unpaired) electrons. The number of benzene rings is 5. The molecular weight excluding hydrogens is 708 g/mol. The van der Waals surface area contributed by atoms with Crippen LogP contribution in [0.3, 0.4) is 0 Å². The van der Waals surface area contributed by atoms with Crippen molar-refractivity contribution >= 4 is 49.8 Å². The zero-order chi connectivity index (χ0) is 35.9. The van der Waals surface area contributed by atoms with E-state index < -0.39 is 5.79 Å². The summed E-state index contributed by atoms with van der Waals surface area (Å²) < 4.78 is 14.5. The molecule has 258 valence electrons. The van der Waals surface area contributed by atoms with E-state index in [2.05, 4.69) is 21.4 Å². The van der Waals surface area contributed by atoms with Gasteiger partial charge in [-0.2, -0.15) is 0 Å². The first-order valence-electron chi connectivity index (χ1n) is 16.7. The van der Waals surface area contributed by atoms with Gasteiger partial charge in [-0.05, 0) is 100 Å². The first-order valence-corrected chi connectivity index (χ1v) is 17.4. The number of anilines is 3. The van der Waals surface area contributed by atoms with Crippen LogP contribution in [0.4, 0.5) is 17.1 Å². The van der Waals surface area contributed by atoms with Crippen LogP contribution >= 0.6 is 15.9 Å². The second-order valence-corrected chi connectivity index (χ2v) is 13.6. The van der Waals surface area contributed by atoms with E-state index in [1.807, 2.05) is 118 Å². The number of carbonyl (C=O) groups excluding carboxylic acids is 1. The highest BCUT2D eigenvalue weighted by Gasteiger charge is 2.56. The molecule has 1 aromatic heterocycles. The molecule has 7 rings (SSSR count). The summed E-state index contributed by atoms with van der Waals surface area (Å²) in [4.78, 5) is 38.7. The first kappa shape index (κ1) is 34.0. The van der Waals surface area contributed by atoms with Crippen molar-refractivity contribution in [3.05, 3.63) is 148 Å². The number of nitrogens with two attached hydrogens (primary N) is 1. The van der Waals surface area contributed by atoms with Crippen LogP contribution in [0.5, 0.6) is 11.5 Å². The van der Waals surface area contributed by atoms with Crippen molar-refractivity contribution in [3.63, 3.8) is 0 Å². The quantitative estimate of drug-likeness (QED) is 0.114. The number of hydrogen-bond acceptors (Lipinski definition) is 8. The van der Waals surface area contributed by atoms with Crippen molar-refractivity contribution < 1.29 is 14.3 Å². The molecule has 0 aliphatic carbocycles. The van der Waals surface area contributed by atoms with Gasteiger partial charge in [-0.15, -0.1) is 0 Å². The maximum atomic E-state index is 15.1. The van der Waals surface area contributed by atoms with Gasteiger partial charge in [0.05, 0.1) is 45.7 Å². The minimum atomic E-state index is -1.85. The Hall–Kier alpha value is -5.49. The minimum Gasteiger partial charge on any atom is -0.491 e. The highest BCUT2D eigenvalue weighted by Crippen LogP contribution is 2.48. The minimum absolute atomic E-state index is 0.112. The molecule has 5 aromatic carbocycles. The second-order valence-electron chi connectivity index (χ2n) is 12.7. The maximum absolute atomic E-state index is 15.1. The number of aromatic nitrogens is 2. The van der Waals surface area contributed by atoms with E-state index in [-0.39, 0.29) is 29.5 Å². The normalized spacial score (nSPS) is 15.8. The van der Waals surface area contributed by atoms with Crippen molar-refractivity contribution in [2.45, 2.75) is 45.7 Å². The number of nitrogens with zero attached hydrogens (tertiary/aromatic N) is 4. The topological polar surface area (TPSA) is 115 Å². The average molecular weight is 746 g/mol. The van der Waals surface area contributed by atoms with Crippen molar-refractivity contribution in [1.29, 1.82) is 0 Å². The molecule has 0 saturated heterocycles. The summed E-state index contributed by atoms with van der Waals surface area (Å²) in [5.41, 5.74) is 5.70. The lowest BCUT2D eigenvalue weighted by Crippen LogP contribution is -2.72. The predicted octanol–water partition coefficient (Wildman–Crippen LogP) is 7.79. The van der Waals surface area contributed by atoms with Gasteiger partial charge in [-0.1, -0.05) is 52.3 Å². The average Bonchev–Trinajstić information content (AvgIpc) is 3.11. The lowest BCUT2D eigenvalue weighted by Gasteiger charge is -2.53. The lowest BCUT2D eigenvalue weighted by molar-refractivity contribution is 0.0921. The molecule has 10 nitrogen and oxygen atoms in total. The second kappa shape index (κ2) is 13.7. The monoisotopic (exact) mass is 744 g/mol. The van der Waals surface area contributed by atoms with Gasteiger partial charge in [0.25, 0.3) is 17.3 Å². The van der Waals surface area contributed by atoms with E-state index in [0.29, 0.717) is 50.7 Å². The highest BCUT2D eigenvalue weighted by molar-refractivity contribution is 9.10. The standard InChI is InChI=1S/C40H37BrN6O4/c1-25(2)50-31-13-9-11-29(23-31)45-37(48)33-15-5-7-17-35(33)43-39(45)40(44-42)46(28-21-19-27(41)20-22-28)36-18-8-6-16-34(36)38(49)47(40)30-12-10-14-32(24-30)51-26(3)4/h5-26,44H,42H2,1-4H3. The smallest absolute Gasteiger partial charge is 0.266 e. The summed E-state index contributed by atoms with van der Waals surface area (Å²) in [7, 11) is 0. The predicted molar refractivity (Wildman–Crippen MR) is 204 cm³/mol. The molecule has 11 heteroatoms. The van der Waals surface area contributed by atoms with Crippen LogP contribution in [-0.2, 0) is 5.79 Å². The molecule has 0 fully saturated rings. The molecular formula is C40H37BrN6O4. The number of ether oxygens (including phenoxy) is 2. The summed E-state index contributed by atoms with van der Waals surface area (Å²) >= 11 is 3.57. The summed E-state index contributed by atoms with van der Waals surface area (Å²) in [5.74, 6) is 5.85. The molecule has 1 aliphatic rings. The number of hydrazine groups is 1. The van der Waals surface area contributed by atoms with Crippen LogP contribution in [0.25, 0.3) is 16.6 Å². The van der Waals surface area contributed by atoms with Crippen molar-refractivity contribution in [1.82, 2.24) is 15.0 Å². The van der Waals surface area contributed by atoms with E-state index in [0.717, 1.165) is 4.47 Å². The number of carbonyl (C=O) groups is 1. The molecule has 6 aromatic rings. The molecule has 0 saturated carbocycles. The van der Waals surface area contributed by atoms with Crippen LogP contribution in [0.2, 0.25) is 0 Å². The van der Waals surface area contributed by atoms with Gasteiger partial charge in [0.15, 0.2) is 5.82 Å². The number of fused-ring (bicyclic) bond motifs is 2. The zero-order valence-electron chi connectivity index (χ0n) is 28.6. The van der Waals surface area contributed by atoms with E-state index >= 15 is 4.79 Å². The van der Waals surface area contributed by atoms with Gasteiger partial charge >= 0.3 is 0 Å². The van der Waals surface area contributed by atoms with E-state index in [1.165, 1.54) is 4.57 Å². The third-order valence-electron chi connectivity index (χ3n) is 8.49. The Labute approximate surface area is 304 Å². The Kier molecular flexibility index (Phi) is 9.11. The molecule has 1 amide bonds. The number of nitrogens with one attached hydrogen (secondary N) is 1. The zero-order valence-corrected chi connectivity index (χ0v) is 30.2. The summed E-state index contributed by atoms with van der Waals surface area (Å²) in [6.07, 6.45) is -0.234. The molecule has 1 aliphatic heterocycles. The third-order valence-corrected chi connectivity index (χ3v) is 9.02. The van der Waals surface area contributed by atoms with Crippen LogP contribution in [0, 0.1) is 0 Å². The fourth-order valence-corrected chi connectivity index (χ4v) is 6.81. The van der Waals surface area contributed by atoms with Crippen LogP contribution in [0.1, 0.15) is 43.9 Å². The van der Waals surface area contributed by atoms with Crippen LogP contribution < -0.4 is 36.1 Å². The van der Waals surface area contributed by atoms with Gasteiger partial charge in [0.2, 0.25) is 0 Å². The van der Waals surface area contributed by atoms with Gasteiger partial charge < -0.3 is 9.47 Å². The molecule has 51 heavy (non-hydrogen) atoms. The van der Waals surface area contributed by atoms with Gasteiger partial charge in [0.1, 0.15) is 11.5 Å². The largest absolute Gasteiger partial charge is 0.491 e. The van der Waals surface area contributed by atoms with Crippen LogP contribution in [0.15, 0.2) is 131 Å². The summed E-state index contributed by atoms with van der Waals surface area (Å²) in [6, 6.07) is 36.6. The number of amides is 1. The fraction of sp³-hybridized carbons (Fsp3) is 0.175. The maximum Gasteiger partial charge on any atom is 0.266 e. The Morgan fingerprint density at radius 3 is 1.98 bits per heavy atom. The Balaban J connectivity index is 1.65. The van der Waals surface area contributed by atoms with Crippen molar-refractivity contribution in [2.75, 3.05) is 9.80 Å². The first-order chi connectivity index (χ1) is 24.6. The van der Waals surface area contributed by atoms with Gasteiger partial charge in [0, 0.05) is 22.3 Å². The number of rotatable bonds is 9.